The molecule has 0 fully saturated rings. The predicted molar refractivity (Wildman–Crippen MR) is 144 cm³/mol. The van der Waals surface area contributed by atoms with E-state index in [9.17, 15) is 0 Å². The lowest BCUT2D eigenvalue weighted by atomic mass is 10.1. The van der Waals surface area contributed by atoms with E-state index in [2.05, 4.69) is 128 Å². The monoisotopic (exact) mass is 484 g/mol. The number of benzene rings is 5. The van der Waals surface area contributed by atoms with Crippen molar-refractivity contribution in [2.45, 2.75) is 0 Å². The van der Waals surface area contributed by atoms with E-state index in [0.717, 1.165) is 4.47 Å². The summed E-state index contributed by atoms with van der Waals surface area (Å²) in [4.78, 5) is 0. The van der Waals surface area contributed by atoms with Crippen LogP contribution >= 0.6 is 15.9 Å². The first kappa shape index (κ1) is 17.7. The van der Waals surface area contributed by atoms with Gasteiger partial charge in [0.15, 0.2) is 0 Å². The van der Waals surface area contributed by atoms with Crippen molar-refractivity contribution in [2.75, 3.05) is 0 Å². The van der Waals surface area contributed by atoms with Crippen LogP contribution in [-0.2, 0) is 0 Å². The minimum atomic E-state index is 1.10. The van der Waals surface area contributed by atoms with Gasteiger partial charge in [0.1, 0.15) is 0 Å². The number of para-hydroxylation sites is 4. The number of hydrogen-bond acceptors (Lipinski definition) is 0. The summed E-state index contributed by atoms with van der Waals surface area (Å²) >= 11 is 3.71. The smallest absolute Gasteiger partial charge is 0.0782 e. The minimum Gasteiger partial charge on any atom is -0.307 e. The van der Waals surface area contributed by atoms with Gasteiger partial charge in [-0.3, -0.25) is 0 Å². The normalized spacial score (nSPS) is 12.4. The third kappa shape index (κ3) is 2.13. The number of rotatable bonds is 0. The highest BCUT2D eigenvalue weighted by Crippen LogP contribution is 2.40. The molecule has 0 spiro atoms. The summed E-state index contributed by atoms with van der Waals surface area (Å²) in [7, 11) is 0. The van der Waals surface area contributed by atoms with Crippen molar-refractivity contribution in [1.29, 1.82) is 0 Å². The van der Waals surface area contributed by atoms with Crippen LogP contribution in [0.2, 0.25) is 0 Å². The number of hydrogen-bond donors (Lipinski definition) is 0. The lowest BCUT2D eigenvalue weighted by Crippen LogP contribution is -1.93. The van der Waals surface area contributed by atoms with E-state index in [1.807, 2.05) is 0 Å². The predicted octanol–water partition coefficient (Wildman–Crippen LogP) is 8.72. The van der Waals surface area contributed by atoms with Crippen LogP contribution in [0.1, 0.15) is 0 Å². The number of nitrogens with zero attached hydrogens (tertiary/aromatic N) is 2. The maximum Gasteiger partial charge on any atom is 0.0782 e. The fraction of sp³-hybridized carbons (Fsp3) is 0. The van der Waals surface area contributed by atoms with Gasteiger partial charge in [-0.25, -0.2) is 0 Å². The molecule has 0 N–H and O–H groups in total. The van der Waals surface area contributed by atoms with Crippen LogP contribution in [0.4, 0.5) is 0 Å². The molecule has 0 unspecified atom stereocenters. The molecule has 8 rings (SSSR count). The second-order valence-electron chi connectivity index (χ2n) is 8.74. The Balaban J connectivity index is 1.91. The summed E-state index contributed by atoms with van der Waals surface area (Å²) in [6.45, 7) is 0. The van der Waals surface area contributed by atoms with Crippen molar-refractivity contribution in [2.24, 2.45) is 0 Å². The molecule has 8 aromatic rings. The summed E-state index contributed by atoms with van der Waals surface area (Å²) in [6, 6.07) is 37.6. The van der Waals surface area contributed by atoms with E-state index < -0.39 is 0 Å². The first-order valence-electron chi connectivity index (χ1n) is 11.2. The molecule has 33 heavy (non-hydrogen) atoms. The molecule has 0 aliphatic heterocycles. The Kier molecular flexibility index (Phi) is 3.30. The largest absolute Gasteiger partial charge is 0.307 e. The molecule has 0 aliphatic carbocycles. The Morgan fingerprint density at radius 3 is 1.61 bits per heavy atom. The average Bonchev–Trinajstić information content (AvgIpc) is 3.36. The molecule has 0 atom stereocenters. The highest BCUT2D eigenvalue weighted by molar-refractivity contribution is 9.10. The number of fused-ring (bicyclic) bond motifs is 10. The van der Waals surface area contributed by atoms with Gasteiger partial charge in [-0.2, -0.15) is 0 Å². The summed E-state index contributed by atoms with van der Waals surface area (Å²) in [5.74, 6) is 0. The van der Waals surface area contributed by atoms with E-state index in [1.54, 1.807) is 0 Å². The SMILES string of the molecule is Brc1ccc2c(c1)c1cccc3c4ccccc4n4c5ccccc5c5cccc(c54)n2c13. The molecular formula is C30H17BrN2. The average molecular weight is 485 g/mol. The molecule has 3 aromatic heterocycles. The van der Waals surface area contributed by atoms with Gasteiger partial charge in [0.25, 0.3) is 0 Å². The minimum absolute atomic E-state index is 1.10. The van der Waals surface area contributed by atoms with Crippen LogP contribution in [0.5, 0.6) is 0 Å². The third-order valence-corrected chi connectivity index (χ3v) is 7.59. The molecule has 2 nitrogen and oxygen atoms in total. The Hall–Kier alpha value is -3.82. The first-order valence-corrected chi connectivity index (χ1v) is 12.0. The molecular weight excluding hydrogens is 468 g/mol. The Morgan fingerprint density at radius 2 is 0.879 bits per heavy atom. The zero-order valence-electron chi connectivity index (χ0n) is 17.6. The molecule has 0 saturated carbocycles. The molecule has 0 bridgehead atoms. The van der Waals surface area contributed by atoms with Crippen molar-refractivity contribution < 1.29 is 0 Å². The van der Waals surface area contributed by atoms with Crippen molar-refractivity contribution >= 4 is 81.3 Å². The topological polar surface area (TPSA) is 8.82 Å². The second kappa shape index (κ2) is 6.15. The van der Waals surface area contributed by atoms with Crippen LogP contribution in [0.25, 0.3) is 65.4 Å². The van der Waals surface area contributed by atoms with Crippen LogP contribution in [0.15, 0.2) is 108 Å². The molecule has 0 radical (unpaired) electrons. The maximum atomic E-state index is 3.71. The molecule has 0 aliphatic rings. The van der Waals surface area contributed by atoms with E-state index in [0.29, 0.717) is 0 Å². The van der Waals surface area contributed by atoms with Gasteiger partial charge in [0.2, 0.25) is 0 Å². The Labute approximate surface area is 197 Å². The van der Waals surface area contributed by atoms with Gasteiger partial charge in [0.05, 0.1) is 33.1 Å². The fourth-order valence-corrected chi connectivity index (χ4v) is 6.20. The third-order valence-electron chi connectivity index (χ3n) is 7.10. The fourth-order valence-electron chi connectivity index (χ4n) is 5.84. The summed E-state index contributed by atoms with van der Waals surface area (Å²) in [6.07, 6.45) is 0. The highest BCUT2D eigenvalue weighted by Gasteiger charge is 2.18. The van der Waals surface area contributed by atoms with Gasteiger partial charge in [-0.05, 0) is 36.4 Å². The molecule has 154 valence electrons. The van der Waals surface area contributed by atoms with Crippen LogP contribution < -0.4 is 0 Å². The highest BCUT2D eigenvalue weighted by atomic mass is 79.9. The summed E-state index contributed by atoms with van der Waals surface area (Å²) in [5.41, 5.74) is 7.42. The summed E-state index contributed by atoms with van der Waals surface area (Å²) < 4.78 is 6.03. The summed E-state index contributed by atoms with van der Waals surface area (Å²) in [5, 5.41) is 7.62. The number of aromatic nitrogens is 2. The molecule has 5 aromatic carbocycles. The second-order valence-corrected chi connectivity index (χ2v) is 9.66. The zero-order chi connectivity index (χ0) is 21.7. The Morgan fingerprint density at radius 1 is 0.394 bits per heavy atom. The van der Waals surface area contributed by atoms with Gasteiger partial charge < -0.3 is 8.80 Å². The molecule has 3 heteroatoms. The maximum absolute atomic E-state index is 3.71. The van der Waals surface area contributed by atoms with E-state index in [4.69, 9.17) is 0 Å². The van der Waals surface area contributed by atoms with Gasteiger partial charge in [0, 0.05) is 36.8 Å². The van der Waals surface area contributed by atoms with Gasteiger partial charge >= 0.3 is 0 Å². The van der Waals surface area contributed by atoms with Crippen molar-refractivity contribution in [3.63, 3.8) is 0 Å². The van der Waals surface area contributed by atoms with Crippen LogP contribution in [0.3, 0.4) is 0 Å². The lowest BCUT2D eigenvalue weighted by Gasteiger charge is -2.10. The van der Waals surface area contributed by atoms with Crippen molar-refractivity contribution in [1.82, 2.24) is 8.80 Å². The standard InChI is InChI=1S/C30H17BrN2/c31-18-15-16-27-24(17-18)23-10-5-9-21-19-7-1-3-12-25(19)32-26-13-4-2-8-20(26)22-11-6-14-28(30(22)32)33(27)29(21)23/h1-17H. The van der Waals surface area contributed by atoms with E-state index in [-0.39, 0.29) is 0 Å². The van der Waals surface area contributed by atoms with Gasteiger partial charge in [-0.1, -0.05) is 82.7 Å². The van der Waals surface area contributed by atoms with Crippen molar-refractivity contribution in [3.8, 4) is 0 Å². The quantitative estimate of drug-likeness (QED) is 0.203. The van der Waals surface area contributed by atoms with Crippen molar-refractivity contribution in [3.05, 3.63) is 108 Å². The Bertz CT molecular complexity index is 2090. The van der Waals surface area contributed by atoms with Gasteiger partial charge in [-0.15, -0.1) is 0 Å². The molecule has 0 saturated heterocycles. The van der Waals surface area contributed by atoms with E-state index in [1.165, 1.54) is 65.4 Å². The molecule has 0 amide bonds. The molecule has 3 heterocycles. The first-order chi connectivity index (χ1) is 16.3. The number of halogens is 1. The lowest BCUT2D eigenvalue weighted by molar-refractivity contribution is 1.30. The van der Waals surface area contributed by atoms with E-state index >= 15 is 0 Å². The van der Waals surface area contributed by atoms with Crippen LogP contribution in [0, 0.1) is 0 Å². The zero-order valence-corrected chi connectivity index (χ0v) is 19.2. The van der Waals surface area contributed by atoms with Crippen LogP contribution in [-0.4, -0.2) is 8.80 Å².